The van der Waals surface area contributed by atoms with E-state index < -0.39 is 5.97 Å². The van der Waals surface area contributed by atoms with Crippen molar-refractivity contribution in [3.8, 4) is 22.0 Å². The van der Waals surface area contributed by atoms with Crippen molar-refractivity contribution in [3.05, 3.63) is 58.4 Å². The molecule has 4 nitrogen and oxygen atoms in total. The number of fused-ring (bicyclic) bond motifs is 1. The summed E-state index contributed by atoms with van der Waals surface area (Å²) in [6, 6.07) is 15.2. The van der Waals surface area contributed by atoms with E-state index in [9.17, 15) is 9.90 Å². The third-order valence-corrected chi connectivity index (χ3v) is 5.85. The van der Waals surface area contributed by atoms with Gasteiger partial charge in [0, 0.05) is 20.8 Å². The molecular formula is C18H11ClN2O2S2. The van der Waals surface area contributed by atoms with Crippen LogP contribution in [0, 0.1) is 0 Å². The Labute approximate surface area is 156 Å². The lowest BCUT2D eigenvalue weighted by molar-refractivity contribution is -0.136. The van der Waals surface area contributed by atoms with E-state index in [1.165, 1.54) is 22.9 Å². The van der Waals surface area contributed by atoms with Gasteiger partial charge in [-0.1, -0.05) is 41.9 Å². The van der Waals surface area contributed by atoms with E-state index in [1.807, 2.05) is 36.4 Å². The molecule has 0 amide bonds. The maximum absolute atomic E-state index is 11.3. The van der Waals surface area contributed by atoms with E-state index in [0.29, 0.717) is 15.6 Å². The Morgan fingerprint density at radius 1 is 1.08 bits per heavy atom. The van der Waals surface area contributed by atoms with E-state index in [-0.39, 0.29) is 6.42 Å². The molecule has 0 spiro atoms. The number of thiazole rings is 1. The number of carboxylic acid groups (broad SMARTS) is 1. The number of halogens is 1. The van der Waals surface area contributed by atoms with Crippen LogP contribution < -0.4 is 0 Å². The average Bonchev–Trinajstić information content (AvgIpc) is 3.19. The van der Waals surface area contributed by atoms with Crippen molar-refractivity contribution in [1.29, 1.82) is 0 Å². The van der Waals surface area contributed by atoms with Gasteiger partial charge in [-0.3, -0.25) is 4.79 Å². The summed E-state index contributed by atoms with van der Waals surface area (Å²) in [6.07, 6.45) is -0.0717. The van der Waals surface area contributed by atoms with Crippen molar-refractivity contribution in [1.82, 2.24) is 9.36 Å². The lowest BCUT2D eigenvalue weighted by Gasteiger charge is -2.00. The maximum Gasteiger partial charge on any atom is 0.308 e. The summed E-state index contributed by atoms with van der Waals surface area (Å²) in [5.41, 5.74) is 2.33. The Hall–Kier alpha value is -2.28. The number of hydrogen-bond acceptors (Lipinski definition) is 5. The molecule has 7 heteroatoms. The van der Waals surface area contributed by atoms with Crippen LogP contribution in [-0.4, -0.2) is 20.4 Å². The summed E-state index contributed by atoms with van der Waals surface area (Å²) >= 11 is 8.75. The number of hydrogen-bond donors (Lipinski definition) is 1. The van der Waals surface area contributed by atoms with Crippen molar-refractivity contribution in [2.75, 3.05) is 0 Å². The first kappa shape index (κ1) is 16.2. The third kappa shape index (κ3) is 3.16. The summed E-state index contributed by atoms with van der Waals surface area (Å²) in [5.74, 6) is -0.881. The van der Waals surface area contributed by atoms with Crippen molar-refractivity contribution in [2.45, 2.75) is 6.42 Å². The van der Waals surface area contributed by atoms with Gasteiger partial charge in [0.25, 0.3) is 0 Å². The van der Waals surface area contributed by atoms with Crippen molar-refractivity contribution in [2.24, 2.45) is 0 Å². The number of carboxylic acids is 1. The number of aromatic nitrogens is 2. The highest BCUT2D eigenvalue weighted by Gasteiger charge is 2.19. The molecule has 2 heterocycles. The maximum atomic E-state index is 11.3. The van der Waals surface area contributed by atoms with E-state index >= 15 is 0 Å². The number of carbonyl (C=O) groups is 1. The molecule has 0 bridgehead atoms. The Balaban J connectivity index is 1.87. The number of benzene rings is 2. The lowest BCUT2D eigenvalue weighted by Crippen LogP contribution is -1.99. The minimum atomic E-state index is -0.881. The number of rotatable bonds is 4. The summed E-state index contributed by atoms with van der Waals surface area (Å²) < 4.78 is 5.61. The first-order valence-corrected chi connectivity index (χ1v) is 9.41. The molecule has 0 fully saturated rings. The summed E-state index contributed by atoms with van der Waals surface area (Å²) in [4.78, 5) is 16.7. The van der Waals surface area contributed by atoms with Gasteiger partial charge in [0.15, 0.2) is 0 Å². The largest absolute Gasteiger partial charge is 0.481 e. The van der Waals surface area contributed by atoms with Crippen molar-refractivity contribution >= 4 is 50.5 Å². The first-order valence-electron chi connectivity index (χ1n) is 7.44. The number of aliphatic carboxylic acids is 1. The molecule has 4 aromatic rings. The van der Waals surface area contributed by atoms with Crippen LogP contribution in [0.5, 0.6) is 0 Å². The zero-order chi connectivity index (χ0) is 17.4. The zero-order valence-corrected chi connectivity index (χ0v) is 15.2. The fourth-order valence-electron chi connectivity index (χ4n) is 2.58. The van der Waals surface area contributed by atoms with Gasteiger partial charge in [0.2, 0.25) is 0 Å². The highest BCUT2D eigenvalue weighted by Crippen LogP contribution is 2.38. The highest BCUT2D eigenvalue weighted by atomic mass is 35.5. The molecule has 0 unspecified atom stereocenters. The minimum Gasteiger partial charge on any atom is -0.481 e. The smallest absolute Gasteiger partial charge is 0.308 e. The van der Waals surface area contributed by atoms with E-state index in [1.54, 1.807) is 12.1 Å². The van der Waals surface area contributed by atoms with Crippen LogP contribution in [0.4, 0.5) is 0 Å². The average molecular weight is 387 g/mol. The molecule has 2 aromatic heterocycles. The minimum absolute atomic E-state index is 0.0717. The first-order chi connectivity index (χ1) is 12.1. The van der Waals surface area contributed by atoms with Gasteiger partial charge < -0.3 is 5.11 Å². The second kappa shape index (κ2) is 6.55. The molecule has 0 saturated heterocycles. The molecule has 124 valence electrons. The van der Waals surface area contributed by atoms with E-state index in [0.717, 1.165) is 26.4 Å². The van der Waals surface area contributed by atoms with Gasteiger partial charge in [-0.2, -0.15) is 4.37 Å². The SMILES string of the molecule is O=C(O)Cc1sc(-c2nsc3ccccc23)nc1-c1ccc(Cl)cc1. The molecule has 0 atom stereocenters. The standard InChI is InChI=1S/C18H11ClN2O2S2/c19-11-7-5-10(6-8-11)16-14(9-15(22)23)24-18(20-16)17-12-3-1-2-4-13(12)25-21-17/h1-8H,9H2,(H,22,23). The molecule has 0 aliphatic carbocycles. The summed E-state index contributed by atoms with van der Waals surface area (Å²) in [6.45, 7) is 0. The molecule has 25 heavy (non-hydrogen) atoms. The van der Waals surface area contributed by atoms with Gasteiger partial charge in [-0.25, -0.2) is 4.98 Å². The van der Waals surface area contributed by atoms with E-state index in [2.05, 4.69) is 4.37 Å². The Morgan fingerprint density at radius 2 is 1.84 bits per heavy atom. The second-order valence-electron chi connectivity index (χ2n) is 5.40. The molecule has 0 saturated carbocycles. The summed E-state index contributed by atoms with van der Waals surface area (Å²) in [7, 11) is 0. The van der Waals surface area contributed by atoms with Gasteiger partial charge in [0.05, 0.1) is 16.8 Å². The molecule has 0 radical (unpaired) electrons. The van der Waals surface area contributed by atoms with Crippen molar-refractivity contribution < 1.29 is 9.90 Å². The van der Waals surface area contributed by atoms with Gasteiger partial charge in [0.1, 0.15) is 10.7 Å². The fourth-order valence-corrected chi connectivity index (χ4v) is 4.62. The Bertz CT molecular complexity index is 1070. The molecule has 0 aliphatic heterocycles. The van der Waals surface area contributed by atoms with Crippen LogP contribution in [0.15, 0.2) is 48.5 Å². The van der Waals surface area contributed by atoms with Gasteiger partial charge in [-0.05, 0) is 29.7 Å². The predicted octanol–water partition coefficient (Wildman–Crippen LogP) is 5.37. The van der Waals surface area contributed by atoms with Crippen molar-refractivity contribution in [3.63, 3.8) is 0 Å². The second-order valence-corrected chi connectivity index (χ2v) is 7.72. The zero-order valence-electron chi connectivity index (χ0n) is 12.8. The van der Waals surface area contributed by atoms with Crippen LogP contribution in [0.25, 0.3) is 32.0 Å². The monoisotopic (exact) mass is 386 g/mol. The van der Waals surface area contributed by atoms with E-state index in [4.69, 9.17) is 16.6 Å². The van der Waals surface area contributed by atoms with Gasteiger partial charge >= 0.3 is 5.97 Å². The lowest BCUT2D eigenvalue weighted by atomic mass is 10.1. The summed E-state index contributed by atoms with van der Waals surface area (Å²) in [5, 5.41) is 11.6. The van der Waals surface area contributed by atoms with Crippen LogP contribution in [0.3, 0.4) is 0 Å². The molecular weight excluding hydrogens is 376 g/mol. The quantitative estimate of drug-likeness (QED) is 0.512. The number of nitrogens with zero attached hydrogens (tertiary/aromatic N) is 2. The van der Waals surface area contributed by atoms with Crippen LogP contribution in [0.1, 0.15) is 4.88 Å². The molecule has 2 aromatic carbocycles. The topological polar surface area (TPSA) is 63.1 Å². The van der Waals surface area contributed by atoms with Crippen LogP contribution in [-0.2, 0) is 11.2 Å². The van der Waals surface area contributed by atoms with Crippen LogP contribution >= 0.6 is 34.5 Å². The molecule has 1 N–H and O–H groups in total. The van der Waals surface area contributed by atoms with Crippen LogP contribution in [0.2, 0.25) is 5.02 Å². The third-order valence-electron chi connectivity index (χ3n) is 3.71. The fraction of sp³-hybridized carbons (Fsp3) is 0.0556. The molecule has 4 rings (SSSR count). The Morgan fingerprint density at radius 3 is 2.60 bits per heavy atom. The predicted molar refractivity (Wildman–Crippen MR) is 103 cm³/mol. The highest BCUT2D eigenvalue weighted by molar-refractivity contribution is 7.17. The molecule has 0 aliphatic rings. The Kier molecular flexibility index (Phi) is 4.25. The normalized spacial score (nSPS) is 11.1. The van der Waals surface area contributed by atoms with Gasteiger partial charge in [-0.15, -0.1) is 11.3 Å².